The molecule has 0 spiro atoms. The van der Waals surface area contributed by atoms with Gasteiger partial charge in [-0.05, 0) is 48.6 Å². The molecule has 0 aliphatic heterocycles. The zero-order valence-electron chi connectivity index (χ0n) is 11.2. The van der Waals surface area contributed by atoms with Crippen LogP contribution in [0.2, 0.25) is 5.02 Å². The van der Waals surface area contributed by atoms with Crippen LogP contribution in [0.1, 0.15) is 24.4 Å². The van der Waals surface area contributed by atoms with Gasteiger partial charge in [-0.2, -0.15) is 0 Å². The van der Waals surface area contributed by atoms with Crippen LogP contribution in [0.5, 0.6) is 0 Å². The van der Waals surface area contributed by atoms with E-state index in [1.54, 1.807) is 30.5 Å². The molecule has 1 fully saturated rings. The number of sulfonamides is 1. The van der Waals surface area contributed by atoms with Crippen molar-refractivity contribution in [2.24, 2.45) is 5.92 Å². The number of nitrogens with one attached hydrogen (secondary N) is 1. The van der Waals surface area contributed by atoms with Crippen molar-refractivity contribution in [3.63, 3.8) is 0 Å². The second-order valence-electron chi connectivity index (χ2n) is 5.18. The molecule has 110 valence electrons. The number of rotatable bonds is 5. The summed E-state index contributed by atoms with van der Waals surface area (Å²) in [5.41, 5.74) is 0.939. The van der Waals surface area contributed by atoms with Crippen molar-refractivity contribution in [2.45, 2.75) is 23.8 Å². The Bertz CT molecular complexity index is 713. The smallest absolute Gasteiger partial charge is 0.242 e. The van der Waals surface area contributed by atoms with Crippen LogP contribution in [0, 0.1) is 5.92 Å². The molecule has 1 heterocycles. The molecule has 1 aromatic carbocycles. The first-order valence-electron chi connectivity index (χ1n) is 6.74. The Kier molecular flexibility index (Phi) is 3.97. The predicted octanol–water partition coefficient (Wildman–Crippen LogP) is 3.16. The summed E-state index contributed by atoms with van der Waals surface area (Å²) in [5, 5.41) is 0.642. The first kappa shape index (κ1) is 14.5. The third kappa shape index (κ3) is 3.43. The molecule has 1 aromatic heterocycles. The maximum absolute atomic E-state index is 12.4. The number of pyridine rings is 1. The van der Waals surface area contributed by atoms with Gasteiger partial charge in [0.2, 0.25) is 10.0 Å². The van der Waals surface area contributed by atoms with Crippen LogP contribution in [-0.2, 0) is 10.0 Å². The fourth-order valence-electron chi connectivity index (χ4n) is 2.28. The fourth-order valence-corrected chi connectivity index (χ4v) is 3.66. The highest BCUT2D eigenvalue weighted by Crippen LogP contribution is 2.41. The molecule has 1 N–H and O–H groups in total. The molecule has 0 radical (unpaired) electrons. The summed E-state index contributed by atoms with van der Waals surface area (Å²) < 4.78 is 27.7. The molecule has 1 unspecified atom stereocenters. The quantitative estimate of drug-likeness (QED) is 0.919. The van der Waals surface area contributed by atoms with Gasteiger partial charge in [-0.25, -0.2) is 13.1 Å². The van der Waals surface area contributed by atoms with Gasteiger partial charge >= 0.3 is 0 Å². The second kappa shape index (κ2) is 5.75. The first-order chi connectivity index (χ1) is 10.1. The number of benzene rings is 1. The maximum Gasteiger partial charge on any atom is 0.242 e. The van der Waals surface area contributed by atoms with Gasteiger partial charge in [0.1, 0.15) is 4.90 Å². The van der Waals surface area contributed by atoms with E-state index in [1.807, 2.05) is 12.1 Å². The number of halogens is 1. The molecule has 0 amide bonds. The second-order valence-corrected chi connectivity index (χ2v) is 7.33. The first-order valence-corrected chi connectivity index (χ1v) is 8.60. The van der Waals surface area contributed by atoms with Crippen LogP contribution in [-0.4, -0.2) is 13.4 Å². The van der Waals surface area contributed by atoms with Crippen LogP contribution < -0.4 is 4.72 Å². The number of aromatic nitrogens is 1. The van der Waals surface area contributed by atoms with Crippen molar-refractivity contribution in [3.8, 4) is 0 Å². The molecule has 2 aromatic rings. The average molecular weight is 323 g/mol. The molecule has 0 bridgehead atoms. The van der Waals surface area contributed by atoms with Crippen molar-refractivity contribution in [1.82, 2.24) is 9.71 Å². The number of hydrogen-bond donors (Lipinski definition) is 1. The zero-order valence-corrected chi connectivity index (χ0v) is 12.8. The minimum absolute atomic E-state index is 0.185. The van der Waals surface area contributed by atoms with Gasteiger partial charge in [0.05, 0.1) is 0 Å². The maximum atomic E-state index is 12.4. The Morgan fingerprint density at radius 3 is 2.48 bits per heavy atom. The molecule has 3 rings (SSSR count). The Morgan fingerprint density at radius 2 is 1.90 bits per heavy atom. The van der Waals surface area contributed by atoms with E-state index >= 15 is 0 Å². The van der Waals surface area contributed by atoms with E-state index in [1.165, 1.54) is 6.20 Å². The lowest BCUT2D eigenvalue weighted by molar-refractivity contribution is 0.529. The van der Waals surface area contributed by atoms with Gasteiger partial charge in [-0.3, -0.25) is 4.98 Å². The topological polar surface area (TPSA) is 59.1 Å². The lowest BCUT2D eigenvalue weighted by Crippen LogP contribution is -2.30. The largest absolute Gasteiger partial charge is 0.263 e. The standard InChI is InChI=1S/C15H15ClN2O2S/c16-13-7-5-12(6-8-13)15(11-3-4-11)18-21(19,20)14-2-1-9-17-10-14/h1-2,5-11,15,18H,3-4H2. The van der Waals surface area contributed by atoms with E-state index in [2.05, 4.69) is 9.71 Å². The minimum Gasteiger partial charge on any atom is -0.263 e. The van der Waals surface area contributed by atoms with Crippen molar-refractivity contribution >= 4 is 21.6 Å². The molecule has 0 saturated heterocycles. The Labute approximate surface area is 129 Å². The van der Waals surface area contributed by atoms with Crippen molar-refractivity contribution < 1.29 is 8.42 Å². The van der Waals surface area contributed by atoms with Gasteiger partial charge in [0.25, 0.3) is 0 Å². The number of nitrogens with zero attached hydrogens (tertiary/aromatic N) is 1. The van der Waals surface area contributed by atoms with Gasteiger partial charge in [-0.1, -0.05) is 23.7 Å². The Balaban J connectivity index is 1.88. The summed E-state index contributed by atoms with van der Waals surface area (Å²) in [4.78, 5) is 4.05. The molecule has 1 saturated carbocycles. The third-order valence-electron chi connectivity index (χ3n) is 3.55. The van der Waals surface area contributed by atoms with E-state index in [0.717, 1.165) is 18.4 Å². The molecular formula is C15H15ClN2O2S. The van der Waals surface area contributed by atoms with Gasteiger partial charge in [0.15, 0.2) is 0 Å². The molecule has 21 heavy (non-hydrogen) atoms. The predicted molar refractivity (Wildman–Crippen MR) is 81.5 cm³/mol. The highest BCUT2D eigenvalue weighted by molar-refractivity contribution is 7.89. The summed E-state index contributed by atoms with van der Waals surface area (Å²) in [5.74, 6) is 0.345. The summed E-state index contributed by atoms with van der Waals surface area (Å²) in [6, 6.07) is 10.3. The zero-order chi connectivity index (χ0) is 14.9. The van der Waals surface area contributed by atoms with E-state index in [0.29, 0.717) is 10.9 Å². The monoisotopic (exact) mass is 322 g/mol. The average Bonchev–Trinajstić information content (AvgIpc) is 3.31. The van der Waals surface area contributed by atoms with Gasteiger partial charge < -0.3 is 0 Å². The van der Waals surface area contributed by atoms with E-state index in [4.69, 9.17) is 11.6 Å². The summed E-state index contributed by atoms with van der Waals surface area (Å²) >= 11 is 5.89. The Morgan fingerprint density at radius 1 is 1.19 bits per heavy atom. The van der Waals surface area contributed by atoms with Crippen LogP contribution in [0.15, 0.2) is 53.7 Å². The van der Waals surface area contributed by atoms with Crippen LogP contribution in [0.3, 0.4) is 0 Å². The minimum atomic E-state index is -3.57. The normalized spacial score (nSPS) is 16.6. The highest BCUT2D eigenvalue weighted by atomic mass is 35.5. The fraction of sp³-hybridized carbons (Fsp3) is 0.267. The lowest BCUT2D eigenvalue weighted by atomic mass is 10.0. The molecule has 1 aliphatic rings. The van der Waals surface area contributed by atoms with Crippen molar-refractivity contribution in [1.29, 1.82) is 0 Å². The molecule has 1 atom stereocenters. The highest BCUT2D eigenvalue weighted by Gasteiger charge is 2.35. The van der Waals surface area contributed by atoms with Crippen LogP contribution in [0.4, 0.5) is 0 Å². The van der Waals surface area contributed by atoms with Crippen LogP contribution >= 0.6 is 11.6 Å². The summed E-state index contributed by atoms with van der Waals surface area (Å²) in [6.45, 7) is 0. The summed E-state index contributed by atoms with van der Waals surface area (Å²) in [7, 11) is -3.57. The van der Waals surface area contributed by atoms with E-state index < -0.39 is 10.0 Å². The van der Waals surface area contributed by atoms with Gasteiger partial charge in [0, 0.05) is 23.5 Å². The van der Waals surface area contributed by atoms with E-state index in [-0.39, 0.29) is 10.9 Å². The molecule has 6 heteroatoms. The van der Waals surface area contributed by atoms with Crippen molar-refractivity contribution in [2.75, 3.05) is 0 Å². The Hall–Kier alpha value is -1.43. The van der Waals surface area contributed by atoms with Crippen LogP contribution in [0.25, 0.3) is 0 Å². The van der Waals surface area contributed by atoms with E-state index in [9.17, 15) is 8.42 Å². The molecule has 4 nitrogen and oxygen atoms in total. The SMILES string of the molecule is O=S(=O)(NC(c1ccc(Cl)cc1)C1CC1)c1cccnc1. The third-order valence-corrected chi connectivity index (χ3v) is 5.23. The molecular weight excluding hydrogens is 308 g/mol. The lowest BCUT2D eigenvalue weighted by Gasteiger charge is -2.19. The summed E-state index contributed by atoms with van der Waals surface area (Å²) in [6.07, 6.45) is 4.97. The molecule has 1 aliphatic carbocycles. The number of hydrogen-bond acceptors (Lipinski definition) is 3. The van der Waals surface area contributed by atoms with Crippen molar-refractivity contribution in [3.05, 3.63) is 59.4 Å². The van der Waals surface area contributed by atoms with Gasteiger partial charge in [-0.15, -0.1) is 0 Å².